The van der Waals surface area contributed by atoms with Crippen LogP contribution in [0.25, 0.3) is 0 Å². The summed E-state index contributed by atoms with van der Waals surface area (Å²) in [5, 5.41) is 6.58. The summed E-state index contributed by atoms with van der Waals surface area (Å²) in [5.74, 6) is 0. The van der Waals surface area contributed by atoms with Crippen LogP contribution in [0, 0.1) is 0 Å². The predicted molar refractivity (Wildman–Crippen MR) is 70.6 cm³/mol. The molecule has 1 heterocycles. The first-order valence-electron chi connectivity index (χ1n) is 5.81. The van der Waals surface area contributed by atoms with Crippen LogP contribution in [0.4, 0.5) is 5.69 Å². The zero-order chi connectivity index (χ0) is 13.2. The predicted octanol–water partition coefficient (Wildman–Crippen LogP) is 0.489. The van der Waals surface area contributed by atoms with Crippen LogP contribution in [-0.2, 0) is 14.6 Å². The van der Waals surface area contributed by atoms with E-state index in [4.69, 9.17) is 4.74 Å². The first-order chi connectivity index (χ1) is 8.50. The lowest BCUT2D eigenvalue weighted by Crippen LogP contribution is -2.33. The van der Waals surface area contributed by atoms with Gasteiger partial charge in [0.1, 0.15) is 0 Å². The van der Waals surface area contributed by atoms with Gasteiger partial charge >= 0.3 is 0 Å². The molecule has 1 aromatic carbocycles. The van der Waals surface area contributed by atoms with Crippen molar-refractivity contribution in [1.82, 2.24) is 5.32 Å². The average molecular weight is 270 g/mol. The van der Waals surface area contributed by atoms with E-state index in [1.165, 1.54) is 6.26 Å². The van der Waals surface area contributed by atoms with E-state index in [-0.39, 0.29) is 12.1 Å². The molecule has 0 aliphatic carbocycles. The fourth-order valence-corrected chi connectivity index (χ4v) is 2.69. The first kappa shape index (κ1) is 13.3. The van der Waals surface area contributed by atoms with E-state index in [1.54, 1.807) is 31.4 Å². The van der Waals surface area contributed by atoms with E-state index in [0.717, 1.165) is 18.8 Å². The summed E-state index contributed by atoms with van der Waals surface area (Å²) in [6, 6.07) is 6.99. The van der Waals surface area contributed by atoms with Crippen LogP contribution in [0.2, 0.25) is 0 Å². The molecule has 0 saturated carbocycles. The molecule has 0 amide bonds. The highest BCUT2D eigenvalue weighted by atomic mass is 32.2. The zero-order valence-corrected chi connectivity index (χ0v) is 11.3. The third-order valence-electron chi connectivity index (χ3n) is 3.10. The van der Waals surface area contributed by atoms with Crippen LogP contribution >= 0.6 is 0 Å². The van der Waals surface area contributed by atoms with Crippen LogP contribution in [0.3, 0.4) is 0 Å². The molecule has 0 aromatic heterocycles. The number of benzene rings is 1. The molecule has 1 aliphatic rings. The molecule has 0 bridgehead atoms. The third kappa shape index (κ3) is 3.01. The van der Waals surface area contributed by atoms with Crippen molar-refractivity contribution in [1.29, 1.82) is 0 Å². The topological polar surface area (TPSA) is 67.4 Å². The smallest absolute Gasteiger partial charge is 0.175 e. The third-order valence-corrected chi connectivity index (χ3v) is 4.22. The van der Waals surface area contributed by atoms with Crippen molar-refractivity contribution in [3.05, 3.63) is 24.3 Å². The van der Waals surface area contributed by atoms with Crippen molar-refractivity contribution in [3.8, 4) is 0 Å². The Balaban J connectivity index is 2.07. The van der Waals surface area contributed by atoms with E-state index in [1.807, 2.05) is 0 Å². The molecule has 2 atom stereocenters. The summed E-state index contributed by atoms with van der Waals surface area (Å²) in [6.45, 7) is 1.67. The van der Waals surface area contributed by atoms with E-state index >= 15 is 0 Å². The Morgan fingerprint density at radius 3 is 2.50 bits per heavy atom. The molecule has 0 spiro atoms. The standard InChI is InChI=1S/C12H18N2O3S/c1-17-12-8-13-7-11(12)14-9-3-5-10(6-4-9)18(2,15)16/h3-6,11-14H,7-8H2,1-2H3/t11?,12-/m1/s1. The maximum Gasteiger partial charge on any atom is 0.175 e. The zero-order valence-electron chi connectivity index (χ0n) is 10.5. The molecule has 1 saturated heterocycles. The summed E-state index contributed by atoms with van der Waals surface area (Å²) >= 11 is 0. The highest BCUT2D eigenvalue weighted by Gasteiger charge is 2.26. The number of methoxy groups -OCH3 is 1. The van der Waals surface area contributed by atoms with Crippen LogP contribution in [0.1, 0.15) is 0 Å². The molecule has 2 N–H and O–H groups in total. The van der Waals surface area contributed by atoms with Gasteiger partial charge in [-0.3, -0.25) is 0 Å². The van der Waals surface area contributed by atoms with Crippen molar-refractivity contribution < 1.29 is 13.2 Å². The molecule has 6 heteroatoms. The molecule has 1 fully saturated rings. The van der Waals surface area contributed by atoms with Gasteiger partial charge in [-0.2, -0.15) is 0 Å². The van der Waals surface area contributed by atoms with Crippen molar-refractivity contribution in [2.45, 2.75) is 17.0 Å². The molecule has 100 valence electrons. The fraction of sp³-hybridized carbons (Fsp3) is 0.500. The normalized spacial score (nSPS) is 24.1. The van der Waals surface area contributed by atoms with Gasteiger partial charge in [-0.05, 0) is 24.3 Å². The van der Waals surface area contributed by atoms with Crippen molar-refractivity contribution >= 4 is 15.5 Å². The lowest BCUT2D eigenvalue weighted by atomic mass is 10.2. The Hall–Kier alpha value is -1.11. The minimum Gasteiger partial charge on any atom is -0.378 e. The largest absolute Gasteiger partial charge is 0.378 e. The Bertz CT molecular complexity index is 499. The highest BCUT2D eigenvalue weighted by Crippen LogP contribution is 2.17. The summed E-state index contributed by atoms with van der Waals surface area (Å²) in [4.78, 5) is 0.334. The maximum atomic E-state index is 11.3. The summed E-state index contributed by atoms with van der Waals surface area (Å²) in [6.07, 6.45) is 1.34. The quantitative estimate of drug-likeness (QED) is 0.833. The van der Waals surface area contributed by atoms with Gasteiger partial charge in [-0.25, -0.2) is 8.42 Å². The fourth-order valence-electron chi connectivity index (χ4n) is 2.06. The van der Waals surface area contributed by atoms with E-state index in [0.29, 0.717) is 4.90 Å². The number of hydrogen-bond donors (Lipinski definition) is 2. The monoisotopic (exact) mass is 270 g/mol. The van der Waals surface area contributed by atoms with Crippen LogP contribution in [0.5, 0.6) is 0 Å². The molecular weight excluding hydrogens is 252 g/mol. The summed E-state index contributed by atoms with van der Waals surface area (Å²) in [7, 11) is -1.43. The Morgan fingerprint density at radius 2 is 1.94 bits per heavy atom. The molecule has 1 unspecified atom stereocenters. The van der Waals surface area contributed by atoms with Gasteiger partial charge in [0.25, 0.3) is 0 Å². The summed E-state index contributed by atoms with van der Waals surface area (Å²) < 4.78 is 28.0. The highest BCUT2D eigenvalue weighted by molar-refractivity contribution is 7.90. The second kappa shape index (κ2) is 5.26. The SMILES string of the molecule is CO[C@@H]1CNCC1Nc1ccc(S(C)(=O)=O)cc1. The van der Waals surface area contributed by atoms with Gasteiger partial charge in [0.2, 0.25) is 0 Å². The molecule has 1 aliphatic heterocycles. The van der Waals surface area contributed by atoms with Gasteiger partial charge in [0, 0.05) is 32.1 Å². The van der Waals surface area contributed by atoms with Crippen molar-refractivity contribution in [2.24, 2.45) is 0 Å². The molecule has 5 nitrogen and oxygen atoms in total. The van der Waals surface area contributed by atoms with Gasteiger partial charge in [-0.15, -0.1) is 0 Å². The minimum atomic E-state index is -3.13. The second-order valence-corrected chi connectivity index (χ2v) is 6.50. The van der Waals surface area contributed by atoms with Gasteiger partial charge in [-0.1, -0.05) is 0 Å². The van der Waals surface area contributed by atoms with Crippen LogP contribution in [0.15, 0.2) is 29.2 Å². The number of anilines is 1. The van der Waals surface area contributed by atoms with Gasteiger partial charge < -0.3 is 15.4 Å². The minimum absolute atomic E-state index is 0.139. The van der Waals surface area contributed by atoms with Crippen LogP contribution < -0.4 is 10.6 Å². The Morgan fingerprint density at radius 1 is 1.28 bits per heavy atom. The molecule has 1 aromatic rings. The lowest BCUT2D eigenvalue weighted by molar-refractivity contribution is 0.111. The number of rotatable bonds is 4. The number of nitrogens with one attached hydrogen (secondary N) is 2. The van der Waals surface area contributed by atoms with Crippen LogP contribution in [-0.4, -0.2) is 47.0 Å². The van der Waals surface area contributed by atoms with E-state index in [2.05, 4.69) is 10.6 Å². The molecular formula is C12H18N2O3S. The Kier molecular flexibility index (Phi) is 3.89. The molecule has 18 heavy (non-hydrogen) atoms. The maximum absolute atomic E-state index is 11.3. The molecule has 0 radical (unpaired) electrons. The van der Waals surface area contributed by atoms with E-state index in [9.17, 15) is 8.42 Å². The van der Waals surface area contributed by atoms with Gasteiger partial charge in [0.15, 0.2) is 9.84 Å². The number of hydrogen-bond acceptors (Lipinski definition) is 5. The average Bonchev–Trinajstić information content (AvgIpc) is 2.76. The van der Waals surface area contributed by atoms with Crippen molar-refractivity contribution in [3.63, 3.8) is 0 Å². The number of ether oxygens (including phenoxy) is 1. The Labute approximate surface area is 107 Å². The summed E-state index contributed by atoms with van der Waals surface area (Å²) in [5.41, 5.74) is 0.901. The first-order valence-corrected chi connectivity index (χ1v) is 7.70. The molecule has 2 rings (SSSR count). The van der Waals surface area contributed by atoms with E-state index < -0.39 is 9.84 Å². The number of sulfone groups is 1. The van der Waals surface area contributed by atoms with Gasteiger partial charge in [0.05, 0.1) is 17.0 Å². The second-order valence-electron chi connectivity index (χ2n) is 4.48. The lowest BCUT2D eigenvalue weighted by Gasteiger charge is -2.19. The van der Waals surface area contributed by atoms with Crippen molar-refractivity contribution in [2.75, 3.05) is 31.8 Å².